The standard InChI is InChI=1S/C13H20N2O2S/c1-10-9-12(6-7-13(10)14)18(16,17)15-8-4-3-5-11(15)2/h6-7,9,11H,3-5,8,14H2,1-2H3. The van der Waals surface area contributed by atoms with E-state index in [4.69, 9.17) is 5.73 Å². The minimum Gasteiger partial charge on any atom is -0.399 e. The van der Waals surface area contributed by atoms with Crippen molar-refractivity contribution in [3.05, 3.63) is 23.8 Å². The van der Waals surface area contributed by atoms with Gasteiger partial charge in [0.1, 0.15) is 0 Å². The topological polar surface area (TPSA) is 63.4 Å². The summed E-state index contributed by atoms with van der Waals surface area (Å²) in [5.74, 6) is 0. The fourth-order valence-corrected chi connectivity index (χ4v) is 4.16. The van der Waals surface area contributed by atoms with Gasteiger partial charge in [0.15, 0.2) is 0 Å². The first-order chi connectivity index (χ1) is 8.43. The van der Waals surface area contributed by atoms with Crippen LogP contribution in [0.3, 0.4) is 0 Å². The van der Waals surface area contributed by atoms with Gasteiger partial charge in [0, 0.05) is 18.3 Å². The van der Waals surface area contributed by atoms with Crippen molar-refractivity contribution in [1.29, 1.82) is 0 Å². The van der Waals surface area contributed by atoms with Gasteiger partial charge in [-0.05, 0) is 50.5 Å². The van der Waals surface area contributed by atoms with E-state index >= 15 is 0 Å². The lowest BCUT2D eigenvalue weighted by Gasteiger charge is -2.32. The summed E-state index contributed by atoms with van der Waals surface area (Å²) >= 11 is 0. The van der Waals surface area contributed by atoms with Crippen LogP contribution in [-0.2, 0) is 10.0 Å². The molecule has 0 amide bonds. The number of nitrogens with two attached hydrogens (primary N) is 1. The molecule has 2 rings (SSSR count). The number of nitrogen functional groups attached to an aromatic ring is 1. The molecule has 2 N–H and O–H groups in total. The van der Waals surface area contributed by atoms with Crippen LogP contribution in [-0.4, -0.2) is 25.3 Å². The number of hydrogen-bond acceptors (Lipinski definition) is 3. The summed E-state index contributed by atoms with van der Waals surface area (Å²) in [6.45, 7) is 4.42. The van der Waals surface area contributed by atoms with Crippen molar-refractivity contribution < 1.29 is 8.42 Å². The first kappa shape index (κ1) is 13.4. The number of benzene rings is 1. The van der Waals surface area contributed by atoms with Crippen molar-refractivity contribution in [2.75, 3.05) is 12.3 Å². The van der Waals surface area contributed by atoms with E-state index in [-0.39, 0.29) is 6.04 Å². The summed E-state index contributed by atoms with van der Waals surface area (Å²) in [4.78, 5) is 0.350. The minimum absolute atomic E-state index is 0.0848. The van der Waals surface area contributed by atoms with Crippen molar-refractivity contribution in [1.82, 2.24) is 4.31 Å². The monoisotopic (exact) mass is 268 g/mol. The molecule has 0 radical (unpaired) electrons. The van der Waals surface area contributed by atoms with Gasteiger partial charge in [-0.3, -0.25) is 0 Å². The van der Waals surface area contributed by atoms with E-state index in [9.17, 15) is 8.42 Å². The zero-order chi connectivity index (χ0) is 13.3. The van der Waals surface area contributed by atoms with Crippen molar-refractivity contribution in [2.24, 2.45) is 0 Å². The molecule has 1 atom stereocenters. The molecule has 1 fully saturated rings. The molecule has 0 aromatic heterocycles. The van der Waals surface area contributed by atoms with Gasteiger partial charge in [-0.25, -0.2) is 8.42 Å². The average Bonchev–Trinajstić information content (AvgIpc) is 2.33. The van der Waals surface area contributed by atoms with E-state index in [0.717, 1.165) is 24.8 Å². The molecule has 18 heavy (non-hydrogen) atoms. The van der Waals surface area contributed by atoms with E-state index < -0.39 is 10.0 Å². The highest BCUT2D eigenvalue weighted by molar-refractivity contribution is 7.89. The number of aryl methyl sites for hydroxylation is 1. The van der Waals surface area contributed by atoms with Crippen molar-refractivity contribution >= 4 is 15.7 Å². The van der Waals surface area contributed by atoms with Gasteiger partial charge in [0.25, 0.3) is 0 Å². The van der Waals surface area contributed by atoms with E-state index in [1.807, 2.05) is 13.8 Å². The molecule has 0 saturated carbocycles. The molecule has 1 aromatic carbocycles. The van der Waals surface area contributed by atoms with Crippen molar-refractivity contribution in [2.45, 2.75) is 44.0 Å². The number of piperidine rings is 1. The Balaban J connectivity index is 2.37. The van der Waals surface area contributed by atoms with Gasteiger partial charge in [-0.1, -0.05) is 6.42 Å². The Hall–Kier alpha value is -1.07. The Morgan fingerprint density at radius 1 is 1.33 bits per heavy atom. The van der Waals surface area contributed by atoms with Crippen LogP contribution >= 0.6 is 0 Å². The Kier molecular flexibility index (Phi) is 3.64. The quantitative estimate of drug-likeness (QED) is 0.836. The maximum absolute atomic E-state index is 12.5. The average molecular weight is 268 g/mol. The zero-order valence-corrected chi connectivity index (χ0v) is 11.7. The number of rotatable bonds is 2. The summed E-state index contributed by atoms with van der Waals surface area (Å²) in [6, 6.07) is 5.00. The smallest absolute Gasteiger partial charge is 0.243 e. The van der Waals surface area contributed by atoms with Gasteiger partial charge in [0.2, 0.25) is 10.0 Å². The molecule has 1 unspecified atom stereocenters. The minimum atomic E-state index is -3.37. The Morgan fingerprint density at radius 3 is 2.67 bits per heavy atom. The summed E-state index contributed by atoms with van der Waals surface area (Å²) < 4.78 is 26.7. The van der Waals surface area contributed by atoms with Gasteiger partial charge < -0.3 is 5.73 Å². The maximum atomic E-state index is 12.5. The maximum Gasteiger partial charge on any atom is 0.243 e. The second-order valence-corrected chi connectivity index (χ2v) is 6.87. The normalized spacial score (nSPS) is 22.0. The lowest BCUT2D eigenvalue weighted by Crippen LogP contribution is -2.41. The molecule has 1 aromatic rings. The first-order valence-corrected chi connectivity index (χ1v) is 7.75. The fourth-order valence-electron chi connectivity index (χ4n) is 2.37. The lowest BCUT2D eigenvalue weighted by molar-refractivity contribution is 0.268. The third-order valence-electron chi connectivity index (χ3n) is 3.59. The summed E-state index contributed by atoms with van der Waals surface area (Å²) in [5, 5.41) is 0. The summed E-state index contributed by atoms with van der Waals surface area (Å²) in [6.07, 6.45) is 2.98. The highest BCUT2D eigenvalue weighted by atomic mass is 32.2. The third kappa shape index (κ3) is 2.37. The Bertz CT molecular complexity index is 540. The Morgan fingerprint density at radius 2 is 2.06 bits per heavy atom. The Labute approximate surface area is 109 Å². The predicted molar refractivity (Wildman–Crippen MR) is 72.8 cm³/mol. The summed E-state index contributed by atoms with van der Waals surface area (Å²) in [7, 11) is -3.37. The van der Waals surface area contributed by atoms with E-state index in [0.29, 0.717) is 17.1 Å². The fraction of sp³-hybridized carbons (Fsp3) is 0.538. The molecule has 1 heterocycles. The highest BCUT2D eigenvalue weighted by Gasteiger charge is 2.30. The van der Waals surface area contributed by atoms with Crippen molar-refractivity contribution in [3.8, 4) is 0 Å². The predicted octanol–water partition coefficient (Wildman–Crippen LogP) is 2.14. The molecule has 100 valence electrons. The molecule has 0 bridgehead atoms. The molecular formula is C13H20N2O2S. The van der Waals surface area contributed by atoms with E-state index in [1.165, 1.54) is 0 Å². The van der Waals surface area contributed by atoms with Crippen LogP contribution in [0.2, 0.25) is 0 Å². The molecule has 4 nitrogen and oxygen atoms in total. The van der Waals surface area contributed by atoms with E-state index in [2.05, 4.69) is 0 Å². The van der Waals surface area contributed by atoms with Gasteiger partial charge in [-0.2, -0.15) is 4.31 Å². The SMILES string of the molecule is Cc1cc(S(=O)(=O)N2CCCCC2C)ccc1N. The molecular weight excluding hydrogens is 248 g/mol. The van der Waals surface area contributed by atoms with Crippen LogP contribution in [0, 0.1) is 6.92 Å². The van der Waals surface area contributed by atoms with Crippen LogP contribution in [0.25, 0.3) is 0 Å². The molecule has 1 saturated heterocycles. The molecule has 0 aliphatic carbocycles. The van der Waals surface area contributed by atoms with Gasteiger partial charge in [-0.15, -0.1) is 0 Å². The van der Waals surface area contributed by atoms with Gasteiger partial charge >= 0.3 is 0 Å². The number of sulfonamides is 1. The van der Waals surface area contributed by atoms with Crippen LogP contribution in [0.15, 0.2) is 23.1 Å². The molecule has 0 spiro atoms. The largest absolute Gasteiger partial charge is 0.399 e. The number of nitrogens with zero attached hydrogens (tertiary/aromatic N) is 1. The number of hydrogen-bond donors (Lipinski definition) is 1. The highest BCUT2D eigenvalue weighted by Crippen LogP contribution is 2.26. The number of anilines is 1. The molecule has 1 aliphatic heterocycles. The summed E-state index contributed by atoms with van der Waals surface area (Å²) in [5.41, 5.74) is 7.16. The molecule has 1 aliphatic rings. The van der Waals surface area contributed by atoms with Crippen LogP contribution < -0.4 is 5.73 Å². The third-order valence-corrected chi connectivity index (χ3v) is 5.60. The first-order valence-electron chi connectivity index (χ1n) is 6.31. The van der Waals surface area contributed by atoms with Crippen LogP contribution in [0.4, 0.5) is 5.69 Å². The van der Waals surface area contributed by atoms with E-state index in [1.54, 1.807) is 22.5 Å². The van der Waals surface area contributed by atoms with Crippen LogP contribution in [0.1, 0.15) is 31.7 Å². The second kappa shape index (κ2) is 4.90. The zero-order valence-electron chi connectivity index (χ0n) is 10.9. The van der Waals surface area contributed by atoms with Crippen molar-refractivity contribution in [3.63, 3.8) is 0 Å². The molecule has 5 heteroatoms. The van der Waals surface area contributed by atoms with Gasteiger partial charge in [0.05, 0.1) is 4.90 Å². The van der Waals surface area contributed by atoms with Crippen LogP contribution in [0.5, 0.6) is 0 Å². The second-order valence-electron chi connectivity index (χ2n) is 4.98. The lowest BCUT2D eigenvalue weighted by atomic mass is 10.1.